The number of pyridine rings is 2. The van der Waals surface area contributed by atoms with E-state index < -0.39 is 10.1 Å². The fraction of sp³-hybridized carbons (Fsp3) is 0.333. The van der Waals surface area contributed by atoms with Gasteiger partial charge in [0.2, 0.25) is 0 Å². The summed E-state index contributed by atoms with van der Waals surface area (Å²) in [5.41, 5.74) is 2.24. The standard InChI is InChI=1S/C24H26ClFN4O3S/c1-34(31,32)33-19-10-8-18(9-11-19)29-24-13-20(21(25)15-28-24)22-6-3-7-23(30-22)27-14-16-4-2-5-17(26)12-16/h2-7,12-13,15,18-19H,8-11,14H2,1H3,(H,27,30)(H,28,29). The first-order valence-corrected chi connectivity index (χ1v) is 13.2. The number of benzene rings is 1. The Hall–Kier alpha value is -2.75. The van der Waals surface area contributed by atoms with Gasteiger partial charge in [-0.15, -0.1) is 0 Å². The highest BCUT2D eigenvalue weighted by Crippen LogP contribution is 2.30. The molecular formula is C24H26ClFN4O3S. The molecule has 0 saturated heterocycles. The Labute approximate surface area is 203 Å². The van der Waals surface area contributed by atoms with Crippen molar-refractivity contribution >= 4 is 33.4 Å². The maximum atomic E-state index is 13.4. The second kappa shape index (κ2) is 10.7. The molecule has 1 fully saturated rings. The van der Waals surface area contributed by atoms with Crippen LogP contribution in [-0.4, -0.2) is 36.8 Å². The van der Waals surface area contributed by atoms with Crippen LogP contribution in [0.15, 0.2) is 54.7 Å². The molecule has 180 valence electrons. The smallest absolute Gasteiger partial charge is 0.264 e. The van der Waals surface area contributed by atoms with Gasteiger partial charge in [-0.05, 0) is 61.6 Å². The van der Waals surface area contributed by atoms with Gasteiger partial charge >= 0.3 is 0 Å². The van der Waals surface area contributed by atoms with E-state index in [-0.39, 0.29) is 18.0 Å². The van der Waals surface area contributed by atoms with Crippen LogP contribution in [0.3, 0.4) is 0 Å². The zero-order chi connectivity index (χ0) is 24.1. The Balaban J connectivity index is 1.41. The quantitative estimate of drug-likeness (QED) is 0.405. The molecule has 0 radical (unpaired) electrons. The summed E-state index contributed by atoms with van der Waals surface area (Å²) in [4.78, 5) is 9.05. The van der Waals surface area contributed by atoms with Gasteiger partial charge in [0.05, 0.1) is 23.1 Å². The van der Waals surface area contributed by atoms with Crippen molar-refractivity contribution in [2.75, 3.05) is 16.9 Å². The van der Waals surface area contributed by atoms with E-state index in [2.05, 4.69) is 20.6 Å². The van der Waals surface area contributed by atoms with Crippen molar-refractivity contribution in [2.45, 2.75) is 44.4 Å². The van der Waals surface area contributed by atoms with Crippen molar-refractivity contribution in [3.8, 4) is 11.3 Å². The average molecular weight is 505 g/mol. The maximum Gasteiger partial charge on any atom is 0.264 e. The van der Waals surface area contributed by atoms with Crippen molar-refractivity contribution in [2.24, 2.45) is 0 Å². The lowest BCUT2D eigenvalue weighted by Gasteiger charge is -2.28. The molecule has 7 nitrogen and oxygen atoms in total. The first kappa shape index (κ1) is 24.4. The lowest BCUT2D eigenvalue weighted by atomic mass is 9.93. The van der Waals surface area contributed by atoms with Crippen LogP contribution in [0, 0.1) is 5.82 Å². The van der Waals surface area contributed by atoms with Crippen LogP contribution in [0.5, 0.6) is 0 Å². The third kappa shape index (κ3) is 6.88. The molecule has 3 aromatic rings. The monoisotopic (exact) mass is 504 g/mol. The summed E-state index contributed by atoms with van der Waals surface area (Å²) < 4.78 is 41.2. The van der Waals surface area contributed by atoms with Gasteiger partial charge in [-0.3, -0.25) is 4.18 Å². The van der Waals surface area contributed by atoms with Crippen LogP contribution in [0.2, 0.25) is 5.02 Å². The number of nitrogens with one attached hydrogen (secondary N) is 2. The Kier molecular flexibility index (Phi) is 7.65. The second-order valence-corrected chi connectivity index (χ2v) is 10.4. The van der Waals surface area contributed by atoms with E-state index in [0.717, 1.165) is 30.2 Å². The van der Waals surface area contributed by atoms with Gasteiger partial charge < -0.3 is 10.6 Å². The highest BCUT2D eigenvalue weighted by Gasteiger charge is 2.24. The molecule has 0 atom stereocenters. The van der Waals surface area contributed by atoms with Crippen molar-refractivity contribution in [3.05, 3.63) is 71.1 Å². The fourth-order valence-electron chi connectivity index (χ4n) is 4.00. The molecule has 1 saturated carbocycles. The Morgan fingerprint density at radius 1 is 1.09 bits per heavy atom. The molecule has 2 aromatic heterocycles. The first-order chi connectivity index (χ1) is 16.2. The molecule has 1 aliphatic carbocycles. The van der Waals surface area contributed by atoms with Crippen molar-refractivity contribution in [1.82, 2.24) is 9.97 Å². The van der Waals surface area contributed by atoms with Gasteiger partial charge in [-0.25, -0.2) is 14.4 Å². The lowest BCUT2D eigenvalue weighted by Crippen LogP contribution is -2.31. The zero-order valence-electron chi connectivity index (χ0n) is 18.7. The average Bonchev–Trinajstić information content (AvgIpc) is 2.80. The van der Waals surface area contributed by atoms with Gasteiger partial charge in [-0.2, -0.15) is 8.42 Å². The second-order valence-electron chi connectivity index (χ2n) is 8.36. The van der Waals surface area contributed by atoms with Crippen molar-refractivity contribution in [3.63, 3.8) is 0 Å². The number of aromatic nitrogens is 2. The predicted octanol–water partition coefficient (Wildman–Crippen LogP) is 5.25. The first-order valence-electron chi connectivity index (χ1n) is 11.0. The van der Waals surface area contributed by atoms with Crippen LogP contribution >= 0.6 is 11.6 Å². The summed E-state index contributed by atoms with van der Waals surface area (Å²) in [6.07, 6.45) is 5.27. The van der Waals surface area contributed by atoms with E-state index in [1.54, 1.807) is 12.3 Å². The van der Waals surface area contributed by atoms with Crippen LogP contribution in [0.4, 0.5) is 16.0 Å². The van der Waals surface area contributed by atoms with E-state index in [1.807, 2.05) is 30.3 Å². The summed E-state index contributed by atoms with van der Waals surface area (Å²) in [6.45, 7) is 0.441. The molecule has 1 aromatic carbocycles. The summed E-state index contributed by atoms with van der Waals surface area (Å²) >= 11 is 6.43. The normalized spacial score (nSPS) is 18.4. The molecule has 4 rings (SSSR count). The van der Waals surface area contributed by atoms with E-state index in [4.69, 9.17) is 15.8 Å². The van der Waals surface area contributed by atoms with Crippen LogP contribution in [0.1, 0.15) is 31.2 Å². The number of rotatable bonds is 8. The fourth-order valence-corrected chi connectivity index (χ4v) is 4.88. The van der Waals surface area contributed by atoms with E-state index in [9.17, 15) is 12.8 Å². The lowest BCUT2D eigenvalue weighted by molar-refractivity contribution is 0.158. The Bertz CT molecular complexity index is 1250. The van der Waals surface area contributed by atoms with Gasteiger partial charge in [0.1, 0.15) is 17.5 Å². The van der Waals surface area contributed by atoms with E-state index in [0.29, 0.717) is 41.7 Å². The SMILES string of the molecule is CS(=O)(=O)OC1CCC(Nc2cc(-c3cccc(NCc4cccc(F)c4)n3)c(Cl)cn2)CC1. The predicted molar refractivity (Wildman–Crippen MR) is 132 cm³/mol. The summed E-state index contributed by atoms with van der Waals surface area (Å²) in [7, 11) is -3.44. The minimum atomic E-state index is -3.44. The van der Waals surface area contributed by atoms with E-state index >= 15 is 0 Å². The molecule has 0 unspecified atom stereocenters. The van der Waals surface area contributed by atoms with Crippen molar-refractivity contribution < 1.29 is 17.0 Å². The van der Waals surface area contributed by atoms with Crippen LogP contribution in [0.25, 0.3) is 11.3 Å². The molecule has 1 aliphatic rings. The van der Waals surface area contributed by atoms with Crippen molar-refractivity contribution in [1.29, 1.82) is 0 Å². The van der Waals surface area contributed by atoms with Gasteiger partial charge in [-0.1, -0.05) is 29.8 Å². The minimum absolute atomic E-state index is 0.160. The van der Waals surface area contributed by atoms with Crippen LogP contribution < -0.4 is 10.6 Å². The van der Waals surface area contributed by atoms with Gasteiger partial charge in [0.25, 0.3) is 10.1 Å². The Morgan fingerprint density at radius 3 is 2.59 bits per heavy atom. The molecule has 34 heavy (non-hydrogen) atoms. The maximum absolute atomic E-state index is 13.4. The third-order valence-electron chi connectivity index (χ3n) is 5.58. The molecule has 0 bridgehead atoms. The Morgan fingerprint density at radius 2 is 1.85 bits per heavy atom. The molecule has 10 heteroatoms. The van der Waals surface area contributed by atoms with E-state index in [1.165, 1.54) is 12.1 Å². The number of halogens is 2. The molecule has 0 amide bonds. The molecular weight excluding hydrogens is 479 g/mol. The number of hydrogen-bond donors (Lipinski definition) is 2. The third-order valence-corrected chi connectivity index (χ3v) is 6.50. The molecule has 0 aliphatic heterocycles. The van der Waals surface area contributed by atoms with Crippen LogP contribution in [-0.2, 0) is 20.8 Å². The highest BCUT2D eigenvalue weighted by atomic mass is 35.5. The topological polar surface area (TPSA) is 93.2 Å². The largest absolute Gasteiger partial charge is 0.367 e. The minimum Gasteiger partial charge on any atom is -0.367 e. The molecule has 0 spiro atoms. The summed E-state index contributed by atoms with van der Waals surface area (Å²) in [5.74, 6) is 1.04. The zero-order valence-corrected chi connectivity index (χ0v) is 20.2. The molecule has 2 N–H and O–H groups in total. The number of hydrogen-bond acceptors (Lipinski definition) is 7. The number of nitrogens with zero attached hydrogens (tertiary/aromatic N) is 2. The highest BCUT2D eigenvalue weighted by molar-refractivity contribution is 7.86. The van der Waals surface area contributed by atoms with Gasteiger partial charge in [0.15, 0.2) is 0 Å². The van der Waals surface area contributed by atoms with Gasteiger partial charge in [0, 0.05) is 24.3 Å². The summed E-state index contributed by atoms with van der Waals surface area (Å²) in [5, 5.41) is 7.10. The number of anilines is 2. The summed E-state index contributed by atoms with van der Waals surface area (Å²) in [6, 6.07) is 14.0. The molecule has 2 heterocycles.